The Morgan fingerprint density at radius 3 is 2.74 bits per heavy atom. The van der Waals surface area contributed by atoms with Crippen LogP contribution in [-0.2, 0) is 6.42 Å². The van der Waals surface area contributed by atoms with Crippen molar-refractivity contribution in [3.8, 4) is 0 Å². The molecule has 2 unspecified atom stereocenters. The Bertz CT molecular complexity index is 419. The molecule has 1 aromatic rings. The molecule has 19 heavy (non-hydrogen) atoms. The lowest BCUT2D eigenvalue weighted by atomic mass is 9.91. The molecule has 5 heteroatoms. The van der Waals surface area contributed by atoms with Crippen LogP contribution in [0.25, 0.3) is 0 Å². The van der Waals surface area contributed by atoms with E-state index in [-0.39, 0.29) is 23.4 Å². The fourth-order valence-corrected chi connectivity index (χ4v) is 3.30. The largest absolute Gasteiger partial charge is 0.441 e. The third kappa shape index (κ3) is 4.14. The summed E-state index contributed by atoms with van der Waals surface area (Å²) in [6.07, 6.45) is 2.38. The van der Waals surface area contributed by atoms with Crippen molar-refractivity contribution in [2.75, 3.05) is 5.75 Å². The van der Waals surface area contributed by atoms with Crippen LogP contribution >= 0.6 is 11.8 Å². The highest BCUT2D eigenvalue weighted by molar-refractivity contribution is 8.00. The lowest BCUT2D eigenvalue weighted by Gasteiger charge is -2.22. The minimum absolute atomic E-state index is 0.00625. The van der Waals surface area contributed by atoms with Crippen molar-refractivity contribution in [1.29, 1.82) is 0 Å². The van der Waals surface area contributed by atoms with Crippen LogP contribution in [0.5, 0.6) is 0 Å². The number of aliphatic hydroxyl groups is 1. The van der Waals surface area contributed by atoms with Crippen LogP contribution in [0.1, 0.15) is 36.5 Å². The van der Waals surface area contributed by atoms with E-state index in [1.165, 1.54) is 0 Å². The Labute approximate surface area is 115 Å². The van der Waals surface area contributed by atoms with Gasteiger partial charge in [0.15, 0.2) is 0 Å². The SMILES string of the molecule is OC1c2ccccc2CCCC1CCSC(F)(F)F. The second-order valence-corrected chi connectivity index (χ2v) is 6.04. The van der Waals surface area contributed by atoms with Crippen molar-refractivity contribution in [2.24, 2.45) is 5.92 Å². The molecule has 1 aromatic carbocycles. The first-order valence-corrected chi connectivity index (χ1v) is 7.42. The molecule has 0 heterocycles. The number of aryl methyl sites for hydroxylation is 1. The van der Waals surface area contributed by atoms with Gasteiger partial charge in [0.1, 0.15) is 0 Å². The first-order valence-electron chi connectivity index (χ1n) is 6.44. The Morgan fingerprint density at radius 2 is 2.00 bits per heavy atom. The van der Waals surface area contributed by atoms with Gasteiger partial charge in [-0.1, -0.05) is 36.0 Å². The average molecular weight is 290 g/mol. The number of benzene rings is 1. The van der Waals surface area contributed by atoms with E-state index < -0.39 is 11.6 Å². The molecule has 1 aliphatic carbocycles. The molecular formula is C14H17F3OS. The summed E-state index contributed by atoms with van der Waals surface area (Å²) in [5.74, 6) is -0.0496. The molecule has 0 radical (unpaired) electrons. The van der Waals surface area contributed by atoms with E-state index in [0.717, 1.165) is 30.4 Å². The van der Waals surface area contributed by atoms with Gasteiger partial charge in [0.2, 0.25) is 0 Å². The summed E-state index contributed by atoms with van der Waals surface area (Å²) >= 11 is 0.00625. The highest BCUT2D eigenvalue weighted by Gasteiger charge is 2.30. The van der Waals surface area contributed by atoms with Gasteiger partial charge in [-0.3, -0.25) is 0 Å². The zero-order valence-electron chi connectivity index (χ0n) is 10.5. The molecule has 0 aliphatic heterocycles. The molecule has 2 atom stereocenters. The number of alkyl halides is 3. The maximum Gasteiger partial charge on any atom is 0.441 e. The lowest BCUT2D eigenvalue weighted by molar-refractivity contribution is -0.0329. The van der Waals surface area contributed by atoms with Crippen molar-refractivity contribution in [1.82, 2.24) is 0 Å². The van der Waals surface area contributed by atoms with Gasteiger partial charge < -0.3 is 5.11 Å². The van der Waals surface area contributed by atoms with E-state index in [1.807, 2.05) is 24.3 Å². The van der Waals surface area contributed by atoms with Gasteiger partial charge in [-0.15, -0.1) is 0 Å². The normalized spacial score (nSPS) is 23.8. The number of hydrogen-bond donors (Lipinski definition) is 1. The van der Waals surface area contributed by atoms with E-state index in [2.05, 4.69) is 0 Å². The molecule has 0 spiro atoms. The molecule has 0 fully saturated rings. The van der Waals surface area contributed by atoms with Crippen molar-refractivity contribution in [3.63, 3.8) is 0 Å². The molecule has 0 bridgehead atoms. The Morgan fingerprint density at radius 1 is 1.26 bits per heavy atom. The van der Waals surface area contributed by atoms with Gasteiger partial charge >= 0.3 is 5.51 Å². The van der Waals surface area contributed by atoms with Crippen LogP contribution in [0.2, 0.25) is 0 Å². The fraction of sp³-hybridized carbons (Fsp3) is 0.571. The van der Waals surface area contributed by atoms with Gasteiger partial charge in [0.25, 0.3) is 0 Å². The number of rotatable bonds is 3. The van der Waals surface area contributed by atoms with Gasteiger partial charge in [0, 0.05) is 5.75 Å². The summed E-state index contributed by atoms with van der Waals surface area (Å²) < 4.78 is 36.4. The maximum absolute atomic E-state index is 12.1. The predicted molar refractivity (Wildman–Crippen MR) is 71.0 cm³/mol. The van der Waals surface area contributed by atoms with E-state index in [1.54, 1.807) is 0 Å². The molecule has 0 amide bonds. The van der Waals surface area contributed by atoms with Crippen molar-refractivity contribution >= 4 is 11.8 Å². The predicted octanol–water partition coefficient (Wildman–Crippen LogP) is 4.32. The summed E-state index contributed by atoms with van der Waals surface area (Å²) in [5, 5.41) is 10.3. The molecule has 0 aromatic heterocycles. The van der Waals surface area contributed by atoms with Crippen LogP contribution < -0.4 is 0 Å². The Hall–Kier alpha value is -0.680. The molecule has 2 rings (SSSR count). The number of fused-ring (bicyclic) bond motifs is 1. The van der Waals surface area contributed by atoms with Crippen LogP contribution in [0.15, 0.2) is 24.3 Å². The topological polar surface area (TPSA) is 20.2 Å². The van der Waals surface area contributed by atoms with E-state index in [9.17, 15) is 18.3 Å². The smallest absolute Gasteiger partial charge is 0.388 e. The molecule has 0 saturated carbocycles. The quantitative estimate of drug-likeness (QED) is 0.837. The number of thioether (sulfide) groups is 1. The van der Waals surface area contributed by atoms with Gasteiger partial charge in [-0.2, -0.15) is 13.2 Å². The first kappa shape index (κ1) is 14.7. The Balaban J connectivity index is 1.99. The fourth-order valence-electron chi connectivity index (χ4n) is 2.65. The maximum atomic E-state index is 12.1. The van der Waals surface area contributed by atoms with E-state index in [0.29, 0.717) is 6.42 Å². The number of hydrogen-bond acceptors (Lipinski definition) is 2. The summed E-state index contributed by atoms with van der Waals surface area (Å²) in [6.45, 7) is 0. The monoisotopic (exact) mass is 290 g/mol. The van der Waals surface area contributed by atoms with Crippen molar-refractivity contribution < 1.29 is 18.3 Å². The molecular weight excluding hydrogens is 273 g/mol. The van der Waals surface area contributed by atoms with Crippen molar-refractivity contribution in [3.05, 3.63) is 35.4 Å². The summed E-state index contributed by atoms with van der Waals surface area (Å²) in [5.41, 5.74) is -2.16. The third-order valence-electron chi connectivity index (χ3n) is 3.60. The number of aliphatic hydroxyl groups excluding tert-OH is 1. The zero-order chi connectivity index (χ0) is 13.9. The Kier molecular flexibility index (Phi) is 4.79. The standard InChI is InChI=1S/C14H17F3OS/c15-14(16,17)19-9-8-11-6-3-5-10-4-1-2-7-12(10)13(11)18/h1-2,4,7,11,13,18H,3,5-6,8-9H2. The van der Waals surface area contributed by atoms with Gasteiger partial charge in [0.05, 0.1) is 6.10 Å². The zero-order valence-corrected chi connectivity index (χ0v) is 11.3. The highest BCUT2D eigenvalue weighted by Crippen LogP contribution is 2.37. The summed E-state index contributed by atoms with van der Waals surface area (Å²) in [6, 6.07) is 7.68. The van der Waals surface area contributed by atoms with Gasteiger partial charge in [-0.25, -0.2) is 0 Å². The summed E-state index contributed by atoms with van der Waals surface area (Å²) in [4.78, 5) is 0. The lowest BCUT2D eigenvalue weighted by Crippen LogP contribution is -2.14. The molecule has 106 valence electrons. The molecule has 1 N–H and O–H groups in total. The molecule has 1 aliphatic rings. The second kappa shape index (κ2) is 6.18. The van der Waals surface area contributed by atoms with Crippen LogP contribution in [-0.4, -0.2) is 16.4 Å². The van der Waals surface area contributed by atoms with E-state index >= 15 is 0 Å². The minimum Gasteiger partial charge on any atom is -0.388 e. The summed E-state index contributed by atoms with van der Waals surface area (Å²) in [7, 11) is 0. The van der Waals surface area contributed by atoms with Crippen LogP contribution in [0, 0.1) is 5.92 Å². The number of halogens is 3. The van der Waals surface area contributed by atoms with Gasteiger partial charge in [-0.05, 0) is 42.7 Å². The van der Waals surface area contributed by atoms with Crippen molar-refractivity contribution in [2.45, 2.75) is 37.3 Å². The first-order chi connectivity index (χ1) is 8.97. The highest BCUT2D eigenvalue weighted by atomic mass is 32.2. The average Bonchev–Trinajstić information content (AvgIpc) is 2.49. The van der Waals surface area contributed by atoms with Crippen LogP contribution in [0.3, 0.4) is 0 Å². The van der Waals surface area contributed by atoms with Crippen LogP contribution in [0.4, 0.5) is 13.2 Å². The third-order valence-corrected chi connectivity index (χ3v) is 4.36. The molecule has 0 saturated heterocycles. The van der Waals surface area contributed by atoms with E-state index in [4.69, 9.17) is 0 Å². The minimum atomic E-state index is -4.17. The molecule has 1 nitrogen and oxygen atoms in total. The second-order valence-electron chi connectivity index (χ2n) is 4.88.